The van der Waals surface area contributed by atoms with Gasteiger partial charge in [-0.05, 0) is 38.2 Å². The van der Waals surface area contributed by atoms with E-state index in [1.54, 1.807) is 12.4 Å². The molecule has 4 rings (SSSR count). The third kappa shape index (κ3) is 4.60. The van der Waals surface area contributed by atoms with Gasteiger partial charge < -0.3 is 24.3 Å². The van der Waals surface area contributed by atoms with Crippen molar-refractivity contribution in [2.24, 2.45) is 0 Å². The van der Waals surface area contributed by atoms with Gasteiger partial charge in [-0.1, -0.05) is 12.1 Å². The number of nitrogens with zero attached hydrogens (tertiary/aromatic N) is 3. The molecule has 152 valence electrons. The van der Waals surface area contributed by atoms with E-state index in [1.165, 1.54) is 5.69 Å². The molecule has 6 heteroatoms. The number of hydrogen-bond acceptors (Lipinski definition) is 5. The van der Waals surface area contributed by atoms with Gasteiger partial charge in [0.1, 0.15) is 5.75 Å². The minimum absolute atomic E-state index is 0.233. The summed E-state index contributed by atoms with van der Waals surface area (Å²) in [6.07, 6.45) is 3.59. The Kier molecular flexibility index (Phi) is 6.12. The van der Waals surface area contributed by atoms with Gasteiger partial charge >= 0.3 is 0 Å². The van der Waals surface area contributed by atoms with Gasteiger partial charge in [0.25, 0.3) is 0 Å². The second kappa shape index (κ2) is 9.11. The third-order valence-electron chi connectivity index (χ3n) is 5.30. The number of H-pyrrole nitrogens is 1. The minimum Gasteiger partial charge on any atom is -0.465 e. The van der Waals surface area contributed by atoms with Crippen LogP contribution in [0.25, 0.3) is 22.5 Å². The number of pyridine rings is 1. The van der Waals surface area contributed by atoms with Crippen LogP contribution in [-0.4, -0.2) is 61.5 Å². The van der Waals surface area contributed by atoms with Crippen molar-refractivity contribution in [2.45, 2.75) is 6.92 Å². The maximum atomic E-state index is 5.91. The fourth-order valence-electron chi connectivity index (χ4n) is 3.54. The molecular formula is C23H28N4O2. The van der Waals surface area contributed by atoms with E-state index < -0.39 is 0 Å². The van der Waals surface area contributed by atoms with Crippen LogP contribution in [0.3, 0.4) is 0 Å². The molecule has 0 atom stereocenters. The second-order valence-electron chi connectivity index (χ2n) is 7.25. The van der Waals surface area contributed by atoms with Gasteiger partial charge in [0.05, 0.1) is 5.69 Å². The molecule has 6 nitrogen and oxygen atoms in total. The first-order valence-electron chi connectivity index (χ1n) is 10.1. The second-order valence-corrected chi connectivity index (χ2v) is 7.25. The Morgan fingerprint density at radius 2 is 1.69 bits per heavy atom. The summed E-state index contributed by atoms with van der Waals surface area (Å²) in [6, 6.07) is 14.7. The molecule has 0 aliphatic carbocycles. The van der Waals surface area contributed by atoms with Gasteiger partial charge in [0.15, 0.2) is 6.79 Å². The van der Waals surface area contributed by atoms with E-state index in [0.717, 1.165) is 54.4 Å². The number of aromatic amines is 1. The average Bonchev–Trinajstić information content (AvgIpc) is 3.19. The van der Waals surface area contributed by atoms with Gasteiger partial charge in [-0.15, -0.1) is 0 Å². The highest BCUT2D eigenvalue weighted by Crippen LogP contribution is 2.35. The molecule has 1 N–H and O–H groups in total. The first-order chi connectivity index (χ1) is 14.2. The lowest BCUT2D eigenvalue weighted by Gasteiger charge is -2.34. The molecule has 0 radical (unpaired) electrons. The summed E-state index contributed by atoms with van der Waals surface area (Å²) < 4.78 is 11.3. The van der Waals surface area contributed by atoms with Crippen LogP contribution in [0.4, 0.5) is 5.69 Å². The van der Waals surface area contributed by atoms with Crippen LogP contribution in [0, 0.1) is 0 Å². The lowest BCUT2D eigenvalue weighted by Crippen LogP contribution is -2.44. The molecule has 0 bridgehead atoms. The minimum atomic E-state index is 0.233. The zero-order valence-electron chi connectivity index (χ0n) is 17.1. The summed E-state index contributed by atoms with van der Waals surface area (Å²) in [4.78, 5) is 12.4. The standard InChI is InChI=1S/C23H28N4O2/c1-3-28-17-29-22-16-21(18-8-10-24-11-9-18)25-23(22)19-4-6-20(7-5-19)27-14-12-26(2)13-15-27/h4-11,16,25H,3,12-15,17H2,1-2H3. The molecule has 1 aliphatic heterocycles. The van der Waals surface area contributed by atoms with Crippen LogP contribution in [0.15, 0.2) is 54.9 Å². The fourth-order valence-corrected chi connectivity index (χ4v) is 3.54. The summed E-state index contributed by atoms with van der Waals surface area (Å²) in [7, 11) is 2.18. The molecule has 0 saturated carbocycles. The van der Waals surface area contributed by atoms with Crippen molar-refractivity contribution in [3.8, 4) is 28.3 Å². The fraction of sp³-hybridized carbons (Fsp3) is 0.348. The number of benzene rings is 1. The maximum Gasteiger partial charge on any atom is 0.189 e. The van der Waals surface area contributed by atoms with E-state index in [4.69, 9.17) is 9.47 Å². The first kappa shape index (κ1) is 19.5. The highest BCUT2D eigenvalue weighted by atomic mass is 16.7. The molecular weight excluding hydrogens is 364 g/mol. The first-order valence-corrected chi connectivity index (χ1v) is 10.1. The lowest BCUT2D eigenvalue weighted by atomic mass is 10.1. The number of anilines is 1. The Labute approximate surface area is 172 Å². The van der Waals surface area contributed by atoms with E-state index in [9.17, 15) is 0 Å². The largest absolute Gasteiger partial charge is 0.465 e. The molecule has 1 saturated heterocycles. The van der Waals surface area contributed by atoms with Gasteiger partial charge in [0.2, 0.25) is 0 Å². The molecule has 0 unspecified atom stereocenters. The lowest BCUT2D eigenvalue weighted by molar-refractivity contribution is 0.0228. The summed E-state index contributed by atoms with van der Waals surface area (Å²) in [5, 5.41) is 0. The molecule has 29 heavy (non-hydrogen) atoms. The predicted molar refractivity (Wildman–Crippen MR) is 116 cm³/mol. The molecule has 0 spiro atoms. The number of ether oxygens (including phenoxy) is 2. The number of aromatic nitrogens is 2. The molecule has 0 amide bonds. The van der Waals surface area contributed by atoms with Gasteiger partial charge in [-0.25, -0.2) is 0 Å². The van der Waals surface area contributed by atoms with Crippen LogP contribution in [-0.2, 0) is 4.74 Å². The molecule has 1 aliphatic rings. The van der Waals surface area contributed by atoms with E-state index in [0.29, 0.717) is 6.61 Å². The van der Waals surface area contributed by atoms with Crippen molar-refractivity contribution < 1.29 is 9.47 Å². The van der Waals surface area contributed by atoms with Crippen LogP contribution in [0.2, 0.25) is 0 Å². The van der Waals surface area contributed by atoms with Crippen molar-refractivity contribution in [3.63, 3.8) is 0 Å². The van der Waals surface area contributed by atoms with E-state index in [-0.39, 0.29) is 6.79 Å². The van der Waals surface area contributed by atoms with Gasteiger partial charge in [-0.3, -0.25) is 4.98 Å². The highest BCUT2D eigenvalue weighted by Gasteiger charge is 2.16. The van der Waals surface area contributed by atoms with E-state index >= 15 is 0 Å². The number of rotatable bonds is 7. The van der Waals surface area contributed by atoms with Crippen molar-refractivity contribution >= 4 is 5.69 Å². The van der Waals surface area contributed by atoms with Gasteiger partial charge in [-0.2, -0.15) is 0 Å². The summed E-state index contributed by atoms with van der Waals surface area (Å²) >= 11 is 0. The average molecular weight is 393 g/mol. The van der Waals surface area contributed by atoms with E-state index in [2.05, 4.69) is 51.1 Å². The van der Waals surface area contributed by atoms with Crippen LogP contribution < -0.4 is 9.64 Å². The Balaban J connectivity index is 1.59. The summed E-state index contributed by atoms with van der Waals surface area (Å²) in [5.41, 5.74) is 5.38. The van der Waals surface area contributed by atoms with Crippen molar-refractivity contribution in [3.05, 3.63) is 54.9 Å². The van der Waals surface area contributed by atoms with Gasteiger partial charge in [0, 0.05) is 73.8 Å². The zero-order valence-corrected chi connectivity index (χ0v) is 17.1. The Morgan fingerprint density at radius 3 is 2.38 bits per heavy atom. The summed E-state index contributed by atoms with van der Waals surface area (Å²) in [5.74, 6) is 0.789. The van der Waals surface area contributed by atoms with Crippen molar-refractivity contribution in [1.82, 2.24) is 14.9 Å². The Morgan fingerprint density at radius 1 is 0.966 bits per heavy atom. The number of hydrogen-bond donors (Lipinski definition) is 1. The quantitative estimate of drug-likeness (QED) is 0.489. The maximum absolute atomic E-state index is 5.91. The monoisotopic (exact) mass is 392 g/mol. The van der Waals surface area contributed by atoms with Crippen LogP contribution in [0.5, 0.6) is 5.75 Å². The smallest absolute Gasteiger partial charge is 0.189 e. The SMILES string of the molecule is CCOCOc1cc(-c2ccncc2)[nH]c1-c1ccc(N2CCN(C)CC2)cc1. The zero-order chi connectivity index (χ0) is 20.1. The number of nitrogens with one attached hydrogen (secondary N) is 1. The van der Waals surface area contributed by atoms with Crippen LogP contribution >= 0.6 is 0 Å². The van der Waals surface area contributed by atoms with Crippen LogP contribution in [0.1, 0.15) is 6.92 Å². The Bertz CT molecular complexity index is 900. The predicted octanol–water partition coefficient (Wildman–Crippen LogP) is 3.87. The van der Waals surface area contributed by atoms with Crippen molar-refractivity contribution in [2.75, 3.05) is 51.5 Å². The molecule has 3 aromatic rings. The molecule has 3 heterocycles. The van der Waals surface area contributed by atoms with Crippen molar-refractivity contribution in [1.29, 1.82) is 0 Å². The molecule has 1 fully saturated rings. The summed E-state index contributed by atoms with van der Waals surface area (Å²) in [6.45, 7) is 7.14. The number of likely N-dealkylation sites (N-methyl/N-ethyl adjacent to an activating group) is 1. The topological polar surface area (TPSA) is 53.6 Å². The third-order valence-corrected chi connectivity index (χ3v) is 5.30. The number of piperazine rings is 1. The molecule has 2 aromatic heterocycles. The van der Waals surface area contributed by atoms with E-state index in [1.807, 2.05) is 25.1 Å². The normalized spacial score (nSPS) is 14.9. The molecule has 1 aromatic carbocycles. The Hall–Kier alpha value is -2.83. The highest BCUT2D eigenvalue weighted by molar-refractivity contribution is 5.75.